The van der Waals surface area contributed by atoms with E-state index in [1.807, 2.05) is 0 Å². The topological polar surface area (TPSA) is 196 Å². The molecule has 0 aliphatic carbocycles. The van der Waals surface area contributed by atoms with Gasteiger partial charge in [0.25, 0.3) is 0 Å². The van der Waals surface area contributed by atoms with Crippen molar-refractivity contribution in [2.75, 3.05) is 45.8 Å². The van der Waals surface area contributed by atoms with Crippen LogP contribution in [0.3, 0.4) is 0 Å². The van der Waals surface area contributed by atoms with Crippen LogP contribution < -0.4 is 0 Å². The average Bonchev–Trinajstić information content (AvgIpc) is 2.54. The SMILES string of the molecule is O=C(O)CN(CC(=O)O)CC1CCCC(CN(CC(=O)O)CC(=O)O)N1CC(=O)O.[Gd]. The van der Waals surface area contributed by atoms with Crippen molar-refractivity contribution >= 4 is 29.8 Å². The Hall–Kier alpha value is -1.45. The molecule has 1 aliphatic heterocycles. The number of carboxylic acids is 5. The molecule has 1 fully saturated rings. The van der Waals surface area contributed by atoms with E-state index in [2.05, 4.69) is 0 Å². The summed E-state index contributed by atoms with van der Waals surface area (Å²) in [5, 5.41) is 45.4. The molecule has 0 bridgehead atoms. The van der Waals surface area contributed by atoms with Crippen LogP contribution in [0.15, 0.2) is 0 Å². The Labute approximate surface area is 210 Å². The number of nitrogens with zero attached hydrogens (tertiary/aromatic N) is 3. The summed E-state index contributed by atoms with van der Waals surface area (Å²) in [7, 11) is 0. The maximum absolute atomic E-state index is 11.4. The van der Waals surface area contributed by atoms with E-state index in [4.69, 9.17) is 20.4 Å². The molecular formula is C17H27GdN3O10. The van der Waals surface area contributed by atoms with E-state index in [1.165, 1.54) is 9.80 Å². The molecule has 31 heavy (non-hydrogen) atoms. The zero-order chi connectivity index (χ0) is 22.8. The van der Waals surface area contributed by atoms with Crippen molar-refractivity contribution in [1.29, 1.82) is 0 Å². The second-order valence-corrected chi connectivity index (χ2v) is 7.22. The fraction of sp³-hybridized carbons (Fsp3) is 0.706. The second kappa shape index (κ2) is 14.6. The van der Waals surface area contributed by atoms with E-state index >= 15 is 0 Å². The molecular weight excluding hydrogens is 563 g/mol. The predicted octanol–water partition coefficient (Wildman–Crippen LogP) is -1.76. The largest absolute Gasteiger partial charge is 0.480 e. The normalized spacial score (nSPS) is 19.0. The predicted molar refractivity (Wildman–Crippen MR) is 99.2 cm³/mol. The van der Waals surface area contributed by atoms with Gasteiger partial charge in [-0.05, 0) is 12.8 Å². The number of carbonyl (C=O) groups is 5. The Morgan fingerprint density at radius 1 is 0.645 bits per heavy atom. The maximum Gasteiger partial charge on any atom is 0.317 e. The van der Waals surface area contributed by atoms with Gasteiger partial charge in [0.1, 0.15) is 0 Å². The zero-order valence-electron chi connectivity index (χ0n) is 16.7. The smallest absolute Gasteiger partial charge is 0.317 e. The van der Waals surface area contributed by atoms with E-state index in [-0.39, 0.29) is 53.0 Å². The van der Waals surface area contributed by atoms with Gasteiger partial charge in [-0.2, -0.15) is 0 Å². The first-order valence-electron chi connectivity index (χ1n) is 9.27. The number of hydrogen-bond donors (Lipinski definition) is 5. The number of carboxylic acid groups (broad SMARTS) is 5. The van der Waals surface area contributed by atoms with Crippen LogP contribution in [-0.4, -0.2) is 128 Å². The molecule has 14 heteroatoms. The quantitative estimate of drug-likeness (QED) is 0.153. The van der Waals surface area contributed by atoms with E-state index < -0.39 is 74.7 Å². The molecule has 178 valence electrons. The van der Waals surface area contributed by atoms with Crippen LogP contribution in [0.25, 0.3) is 0 Å². The van der Waals surface area contributed by atoms with Crippen LogP contribution in [0.4, 0.5) is 0 Å². The van der Waals surface area contributed by atoms with Crippen LogP contribution in [-0.2, 0) is 24.0 Å². The summed E-state index contributed by atoms with van der Waals surface area (Å²) in [5.41, 5.74) is 0. The fourth-order valence-electron chi connectivity index (χ4n) is 3.76. The summed E-state index contributed by atoms with van der Waals surface area (Å²) in [6.07, 6.45) is 1.61. The number of likely N-dealkylation sites (tertiary alicyclic amines) is 1. The van der Waals surface area contributed by atoms with Gasteiger partial charge in [0.2, 0.25) is 0 Å². The summed E-state index contributed by atoms with van der Waals surface area (Å²) in [6, 6.07) is -0.954. The molecule has 0 aromatic rings. The van der Waals surface area contributed by atoms with Crippen LogP contribution in [0.5, 0.6) is 0 Å². The molecule has 0 saturated carbocycles. The molecule has 2 atom stereocenters. The van der Waals surface area contributed by atoms with E-state index in [0.717, 1.165) is 0 Å². The first-order chi connectivity index (χ1) is 14.0. The van der Waals surface area contributed by atoms with Gasteiger partial charge in [0.05, 0.1) is 32.7 Å². The van der Waals surface area contributed by atoms with Gasteiger partial charge >= 0.3 is 29.8 Å². The summed E-state index contributed by atoms with van der Waals surface area (Å²) < 4.78 is 0. The Morgan fingerprint density at radius 3 is 1.23 bits per heavy atom. The summed E-state index contributed by atoms with van der Waals surface area (Å²) in [5.74, 6) is -6.03. The third kappa shape index (κ3) is 12.2. The molecule has 0 aromatic heterocycles. The third-order valence-corrected chi connectivity index (χ3v) is 4.70. The molecule has 0 spiro atoms. The number of rotatable bonds is 14. The van der Waals surface area contributed by atoms with Gasteiger partial charge in [0.15, 0.2) is 0 Å². The van der Waals surface area contributed by atoms with Crippen molar-refractivity contribution < 1.29 is 89.4 Å². The molecule has 0 radical (unpaired) electrons. The minimum absolute atomic E-state index is 0. The first-order valence-corrected chi connectivity index (χ1v) is 9.27. The van der Waals surface area contributed by atoms with Crippen molar-refractivity contribution in [3.8, 4) is 0 Å². The summed E-state index contributed by atoms with van der Waals surface area (Å²) >= 11 is 0. The Balaban J connectivity index is 0.00000900. The van der Waals surface area contributed by atoms with Gasteiger partial charge < -0.3 is 25.5 Å². The van der Waals surface area contributed by atoms with Crippen molar-refractivity contribution in [3.05, 3.63) is 0 Å². The summed E-state index contributed by atoms with van der Waals surface area (Å²) in [4.78, 5) is 59.5. The minimum atomic E-state index is -1.22. The van der Waals surface area contributed by atoms with Crippen LogP contribution in [0, 0.1) is 39.9 Å². The average molecular weight is 591 g/mol. The van der Waals surface area contributed by atoms with Crippen LogP contribution in [0.2, 0.25) is 0 Å². The molecule has 2 unspecified atom stereocenters. The Bertz CT molecular complexity index is 584. The van der Waals surface area contributed by atoms with Gasteiger partial charge in [-0.3, -0.25) is 38.7 Å². The Morgan fingerprint density at radius 2 is 0.968 bits per heavy atom. The molecule has 0 aromatic carbocycles. The Kier molecular flexibility index (Phi) is 13.9. The molecule has 0 amide bonds. The van der Waals surface area contributed by atoms with Crippen molar-refractivity contribution in [1.82, 2.24) is 14.7 Å². The van der Waals surface area contributed by atoms with Gasteiger partial charge in [-0.15, -0.1) is 0 Å². The van der Waals surface area contributed by atoms with Crippen LogP contribution in [0.1, 0.15) is 19.3 Å². The standard InChI is InChI=1S/C17H27N3O10.Gd/c21-13(22)6-18(7-14(23)24)4-11-2-1-3-12(20(11)10-17(29)30)5-19(8-15(25)26)9-16(27)28;/h11-12H,1-10H2,(H,21,22)(H,23,24)(H,25,26)(H,27,28)(H,29,30);. The van der Waals surface area contributed by atoms with E-state index in [9.17, 15) is 29.1 Å². The van der Waals surface area contributed by atoms with Crippen molar-refractivity contribution in [3.63, 3.8) is 0 Å². The third-order valence-electron chi connectivity index (χ3n) is 4.70. The maximum atomic E-state index is 11.4. The molecule has 1 aliphatic rings. The number of piperidine rings is 1. The first kappa shape index (κ1) is 29.6. The van der Waals surface area contributed by atoms with E-state index in [0.29, 0.717) is 19.3 Å². The number of aliphatic carboxylic acids is 5. The second-order valence-electron chi connectivity index (χ2n) is 7.22. The van der Waals surface area contributed by atoms with Gasteiger partial charge in [0, 0.05) is 65.1 Å². The molecule has 1 saturated heterocycles. The van der Waals surface area contributed by atoms with Crippen molar-refractivity contribution in [2.24, 2.45) is 0 Å². The number of hydrogen-bond acceptors (Lipinski definition) is 8. The molecule has 1 heterocycles. The zero-order valence-corrected chi connectivity index (χ0v) is 19.0. The molecule has 13 nitrogen and oxygen atoms in total. The monoisotopic (exact) mass is 591 g/mol. The van der Waals surface area contributed by atoms with Crippen molar-refractivity contribution in [2.45, 2.75) is 31.3 Å². The summed E-state index contributed by atoms with van der Waals surface area (Å²) in [6.45, 7) is -2.54. The van der Waals surface area contributed by atoms with Gasteiger partial charge in [-0.25, -0.2) is 0 Å². The van der Waals surface area contributed by atoms with Gasteiger partial charge in [-0.1, -0.05) is 6.42 Å². The van der Waals surface area contributed by atoms with E-state index in [1.54, 1.807) is 4.90 Å². The fourth-order valence-corrected chi connectivity index (χ4v) is 3.76. The minimum Gasteiger partial charge on any atom is -0.480 e. The van der Waals surface area contributed by atoms with Crippen LogP contribution >= 0.6 is 0 Å². The molecule has 1 rings (SSSR count). The molecule has 5 N–H and O–H groups in total.